The molecule has 0 aromatic carbocycles. The Hall–Kier alpha value is -1.29. The second kappa shape index (κ2) is 4.67. The van der Waals surface area contributed by atoms with Crippen LogP contribution in [0.25, 0.3) is 0 Å². The van der Waals surface area contributed by atoms with Gasteiger partial charge >= 0.3 is 0 Å². The minimum atomic E-state index is 0.511. The van der Waals surface area contributed by atoms with E-state index in [1.165, 1.54) is 0 Å². The van der Waals surface area contributed by atoms with Crippen LogP contribution in [0.2, 0.25) is 0 Å². The van der Waals surface area contributed by atoms with Crippen LogP contribution in [-0.2, 0) is 4.74 Å². The van der Waals surface area contributed by atoms with Gasteiger partial charge in [-0.1, -0.05) is 0 Å². The predicted molar refractivity (Wildman–Crippen MR) is 50.8 cm³/mol. The second-order valence-corrected chi connectivity index (χ2v) is 2.66. The van der Waals surface area contributed by atoms with Crippen LogP contribution in [0.15, 0.2) is 12.1 Å². The van der Waals surface area contributed by atoms with Crippen LogP contribution in [-0.4, -0.2) is 25.3 Å². The van der Waals surface area contributed by atoms with E-state index < -0.39 is 0 Å². The molecule has 4 heteroatoms. The summed E-state index contributed by atoms with van der Waals surface area (Å²) in [6.07, 6.45) is 0. The number of aryl methyl sites for hydroxylation is 1. The summed E-state index contributed by atoms with van der Waals surface area (Å²) in [5.74, 6) is 1.27. The van der Waals surface area contributed by atoms with Crippen LogP contribution in [0.1, 0.15) is 5.69 Å². The number of hydrogen-bond donors (Lipinski definition) is 1. The predicted octanol–water partition coefficient (Wildman–Crippen LogP) is 0.997. The van der Waals surface area contributed by atoms with Gasteiger partial charge in [0.2, 0.25) is 0 Å². The van der Waals surface area contributed by atoms with E-state index in [1.54, 1.807) is 13.2 Å². The molecule has 1 heterocycles. The Morgan fingerprint density at radius 1 is 1.38 bits per heavy atom. The van der Waals surface area contributed by atoms with Gasteiger partial charge in [0, 0.05) is 7.11 Å². The van der Waals surface area contributed by atoms with Crippen LogP contribution < -0.4 is 10.5 Å². The van der Waals surface area contributed by atoms with Crippen LogP contribution in [0.5, 0.6) is 5.75 Å². The first-order valence-electron chi connectivity index (χ1n) is 4.09. The number of rotatable bonds is 4. The van der Waals surface area contributed by atoms with E-state index in [9.17, 15) is 0 Å². The SMILES string of the molecule is COCCOc1ccc(N)nc1C. The number of nitrogens with two attached hydrogens (primary N) is 1. The largest absolute Gasteiger partial charge is 0.489 e. The highest BCUT2D eigenvalue weighted by atomic mass is 16.5. The number of nitrogen functional groups attached to an aromatic ring is 1. The normalized spacial score (nSPS) is 10.0. The molecule has 0 spiro atoms. The average Bonchev–Trinajstić information content (AvgIpc) is 2.09. The fourth-order valence-corrected chi connectivity index (χ4v) is 0.955. The Balaban J connectivity index is 2.56. The fraction of sp³-hybridized carbons (Fsp3) is 0.444. The topological polar surface area (TPSA) is 57.4 Å². The number of anilines is 1. The summed E-state index contributed by atoms with van der Waals surface area (Å²) < 4.78 is 10.2. The highest BCUT2D eigenvalue weighted by molar-refractivity contribution is 5.37. The third-order valence-corrected chi connectivity index (χ3v) is 1.60. The van der Waals surface area contributed by atoms with Crippen LogP contribution in [0.3, 0.4) is 0 Å². The molecule has 0 fully saturated rings. The van der Waals surface area contributed by atoms with Gasteiger partial charge in [-0.25, -0.2) is 4.98 Å². The molecule has 0 aliphatic carbocycles. The number of methoxy groups -OCH3 is 1. The van der Waals surface area contributed by atoms with E-state index in [1.807, 2.05) is 13.0 Å². The van der Waals surface area contributed by atoms with E-state index in [4.69, 9.17) is 15.2 Å². The average molecular weight is 182 g/mol. The summed E-state index contributed by atoms with van der Waals surface area (Å²) in [5.41, 5.74) is 6.29. The van der Waals surface area contributed by atoms with Crippen molar-refractivity contribution < 1.29 is 9.47 Å². The number of aromatic nitrogens is 1. The summed E-state index contributed by atoms with van der Waals surface area (Å²) in [6.45, 7) is 2.96. The molecule has 2 N–H and O–H groups in total. The Labute approximate surface area is 77.7 Å². The molecule has 0 bridgehead atoms. The number of hydrogen-bond acceptors (Lipinski definition) is 4. The van der Waals surface area contributed by atoms with E-state index in [0.29, 0.717) is 19.0 Å². The number of ether oxygens (including phenoxy) is 2. The molecule has 0 amide bonds. The highest BCUT2D eigenvalue weighted by Gasteiger charge is 2.00. The van der Waals surface area contributed by atoms with E-state index in [0.717, 1.165) is 11.4 Å². The molecule has 1 aromatic rings. The molecule has 72 valence electrons. The van der Waals surface area contributed by atoms with Gasteiger partial charge < -0.3 is 15.2 Å². The van der Waals surface area contributed by atoms with Gasteiger partial charge in [0.15, 0.2) is 0 Å². The van der Waals surface area contributed by atoms with Gasteiger partial charge in [-0.05, 0) is 19.1 Å². The van der Waals surface area contributed by atoms with Crippen LogP contribution in [0, 0.1) is 6.92 Å². The summed E-state index contributed by atoms with van der Waals surface area (Å²) >= 11 is 0. The maximum Gasteiger partial charge on any atom is 0.140 e. The molecule has 13 heavy (non-hydrogen) atoms. The molecule has 4 nitrogen and oxygen atoms in total. The minimum absolute atomic E-state index is 0.511. The summed E-state index contributed by atoms with van der Waals surface area (Å²) in [4.78, 5) is 4.06. The van der Waals surface area contributed by atoms with Gasteiger partial charge in [-0.2, -0.15) is 0 Å². The zero-order valence-corrected chi connectivity index (χ0v) is 7.91. The quantitative estimate of drug-likeness (QED) is 0.706. The maximum atomic E-state index is 5.49. The summed E-state index contributed by atoms with van der Waals surface area (Å²) in [7, 11) is 1.64. The van der Waals surface area contributed by atoms with Crippen molar-refractivity contribution in [2.45, 2.75) is 6.92 Å². The molecular formula is C9H14N2O2. The van der Waals surface area contributed by atoms with E-state index in [2.05, 4.69) is 4.98 Å². The molecule has 0 radical (unpaired) electrons. The van der Waals surface area contributed by atoms with Crippen LogP contribution in [0.4, 0.5) is 5.82 Å². The number of nitrogens with zero attached hydrogens (tertiary/aromatic N) is 1. The Kier molecular flexibility index (Phi) is 3.52. The van der Waals surface area contributed by atoms with Crippen molar-refractivity contribution in [1.82, 2.24) is 4.98 Å². The monoisotopic (exact) mass is 182 g/mol. The van der Waals surface area contributed by atoms with E-state index in [-0.39, 0.29) is 0 Å². The summed E-state index contributed by atoms with van der Waals surface area (Å²) in [5, 5.41) is 0. The molecular weight excluding hydrogens is 168 g/mol. The van der Waals surface area contributed by atoms with Gasteiger partial charge in [-0.3, -0.25) is 0 Å². The molecule has 0 saturated carbocycles. The zero-order valence-electron chi connectivity index (χ0n) is 7.91. The molecule has 0 unspecified atom stereocenters. The third kappa shape index (κ3) is 2.91. The first-order valence-corrected chi connectivity index (χ1v) is 4.09. The second-order valence-electron chi connectivity index (χ2n) is 2.66. The lowest BCUT2D eigenvalue weighted by atomic mass is 10.3. The van der Waals surface area contributed by atoms with Crippen LogP contribution >= 0.6 is 0 Å². The van der Waals surface area contributed by atoms with Crippen molar-refractivity contribution in [3.8, 4) is 5.75 Å². The first-order chi connectivity index (χ1) is 6.24. The van der Waals surface area contributed by atoms with E-state index >= 15 is 0 Å². The molecule has 0 atom stereocenters. The smallest absolute Gasteiger partial charge is 0.140 e. The molecule has 0 saturated heterocycles. The first kappa shape index (κ1) is 9.80. The third-order valence-electron chi connectivity index (χ3n) is 1.60. The Morgan fingerprint density at radius 2 is 2.15 bits per heavy atom. The molecule has 1 rings (SSSR count). The van der Waals surface area contributed by atoms with Gasteiger partial charge in [0.25, 0.3) is 0 Å². The lowest BCUT2D eigenvalue weighted by Crippen LogP contribution is -2.06. The van der Waals surface area contributed by atoms with Crippen molar-refractivity contribution in [3.05, 3.63) is 17.8 Å². The van der Waals surface area contributed by atoms with Crippen molar-refractivity contribution in [3.63, 3.8) is 0 Å². The lowest BCUT2D eigenvalue weighted by molar-refractivity contribution is 0.145. The van der Waals surface area contributed by atoms with Gasteiger partial charge in [0.1, 0.15) is 18.2 Å². The minimum Gasteiger partial charge on any atom is -0.489 e. The highest BCUT2D eigenvalue weighted by Crippen LogP contribution is 2.16. The fourth-order valence-electron chi connectivity index (χ4n) is 0.955. The molecule has 0 aliphatic heterocycles. The Bertz CT molecular complexity index is 276. The van der Waals surface area contributed by atoms with Gasteiger partial charge in [-0.15, -0.1) is 0 Å². The molecule has 1 aromatic heterocycles. The lowest BCUT2D eigenvalue weighted by Gasteiger charge is -2.07. The molecule has 0 aliphatic rings. The summed E-state index contributed by atoms with van der Waals surface area (Å²) in [6, 6.07) is 3.53. The van der Waals surface area contributed by atoms with Crippen molar-refractivity contribution >= 4 is 5.82 Å². The standard InChI is InChI=1S/C9H14N2O2/c1-7-8(13-6-5-12-2)3-4-9(10)11-7/h3-4H,5-6H2,1-2H3,(H2,10,11). The maximum absolute atomic E-state index is 5.49. The van der Waals surface area contributed by atoms with Crippen molar-refractivity contribution in [1.29, 1.82) is 0 Å². The van der Waals surface area contributed by atoms with Gasteiger partial charge in [0.05, 0.1) is 12.3 Å². The number of pyridine rings is 1. The zero-order chi connectivity index (χ0) is 9.68. The Morgan fingerprint density at radius 3 is 2.77 bits per heavy atom. The van der Waals surface area contributed by atoms with Crippen molar-refractivity contribution in [2.24, 2.45) is 0 Å². The van der Waals surface area contributed by atoms with Crippen molar-refractivity contribution in [2.75, 3.05) is 26.1 Å².